The third-order valence-corrected chi connectivity index (χ3v) is 8.61. The van der Waals surface area contributed by atoms with Gasteiger partial charge in [-0.05, 0) is 80.9 Å². The first-order valence-electron chi connectivity index (χ1n) is 15.0. The van der Waals surface area contributed by atoms with Crippen molar-refractivity contribution in [3.63, 3.8) is 0 Å². The standard InChI is InChI=1S/C35H44N2O2/c1-28-18-23-36(24-19-28)22-10-16-34(38)32-15-8-9-17-35(32)39-31-20-25-37(26-21-31)27-33(29-11-4-2-5-12-29)30-13-6-3-7-14-30/h2-9,11-15,17,28,31,33H,10,16,18-27H2,1H3. The smallest absolute Gasteiger partial charge is 0.166 e. The minimum absolute atomic E-state index is 0.150. The van der Waals surface area contributed by atoms with Gasteiger partial charge in [0, 0.05) is 32.0 Å². The fourth-order valence-electron chi connectivity index (χ4n) is 6.10. The Bertz CT molecular complexity index is 1110. The number of Topliss-reactive ketones (excluding diaryl/α,β-unsaturated/α-hetero) is 1. The minimum atomic E-state index is 0.150. The number of ketones is 1. The molecule has 4 heteroatoms. The van der Waals surface area contributed by atoms with Crippen molar-refractivity contribution in [1.29, 1.82) is 0 Å². The zero-order valence-electron chi connectivity index (χ0n) is 23.5. The first-order valence-corrected chi connectivity index (χ1v) is 15.0. The van der Waals surface area contributed by atoms with E-state index in [9.17, 15) is 4.79 Å². The van der Waals surface area contributed by atoms with Gasteiger partial charge >= 0.3 is 0 Å². The number of benzene rings is 3. The van der Waals surface area contributed by atoms with Gasteiger partial charge in [0.05, 0.1) is 5.56 Å². The molecule has 3 aromatic rings. The van der Waals surface area contributed by atoms with E-state index in [0.29, 0.717) is 12.3 Å². The Hall–Kier alpha value is -2.95. The molecule has 0 atom stereocenters. The van der Waals surface area contributed by atoms with E-state index in [2.05, 4.69) is 77.4 Å². The molecule has 0 N–H and O–H groups in total. The molecule has 0 spiro atoms. The van der Waals surface area contributed by atoms with Crippen LogP contribution in [0.25, 0.3) is 0 Å². The summed E-state index contributed by atoms with van der Waals surface area (Å²) in [7, 11) is 0. The SMILES string of the molecule is CC1CCN(CCCC(=O)c2ccccc2OC2CCN(CC(c3ccccc3)c3ccccc3)CC2)CC1. The number of ether oxygens (including phenoxy) is 1. The number of para-hydroxylation sites is 1. The molecule has 0 aliphatic carbocycles. The molecule has 0 aromatic heterocycles. The molecule has 2 aliphatic heterocycles. The number of likely N-dealkylation sites (tertiary alicyclic amines) is 2. The van der Waals surface area contributed by atoms with Crippen LogP contribution in [-0.2, 0) is 0 Å². The van der Waals surface area contributed by atoms with Crippen molar-refractivity contribution in [2.45, 2.75) is 57.5 Å². The molecule has 4 nitrogen and oxygen atoms in total. The lowest BCUT2D eigenvalue weighted by Gasteiger charge is -2.35. The third-order valence-electron chi connectivity index (χ3n) is 8.61. The zero-order chi connectivity index (χ0) is 26.9. The van der Waals surface area contributed by atoms with Gasteiger partial charge in [-0.2, -0.15) is 0 Å². The first kappa shape index (κ1) is 27.6. The maximum absolute atomic E-state index is 13.1. The van der Waals surface area contributed by atoms with Crippen LogP contribution in [0.4, 0.5) is 0 Å². The molecule has 0 bridgehead atoms. The summed E-state index contributed by atoms with van der Waals surface area (Å²) in [5.41, 5.74) is 3.48. The van der Waals surface area contributed by atoms with Crippen molar-refractivity contribution in [3.05, 3.63) is 102 Å². The Morgan fingerprint density at radius 1 is 0.769 bits per heavy atom. The van der Waals surface area contributed by atoms with Crippen molar-refractivity contribution < 1.29 is 9.53 Å². The number of hydrogen-bond donors (Lipinski definition) is 0. The fraction of sp³-hybridized carbons (Fsp3) is 0.457. The second kappa shape index (κ2) is 13.9. The Balaban J connectivity index is 1.13. The van der Waals surface area contributed by atoms with Crippen LogP contribution in [0, 0.1) is 5.92 Å². The van der Waals surface area contributed by atoms with E-state index < -0.39 is 0 Å². The van der Waals surface area contributed by atoms with Gasteiger partial charge in [-0.3, -0.25) is 4.79 Å². The van der Waals surface area contributed by atoms with Crippen molar-refractivity contribution in [2.24, 2.45) is 5.92 Å². The second-order valence-corrected chi connectivity index (χ2v) is 11.5. The number of rotatable bonds is 11. The molecular weight excluding hydrogens is 480 g/mol. The van der Waals surface area contributed by atoms with Crippen molar-refractivity contribution in [2.75, 3.05) is 39.3 Å². The number of nitrogens with zero attached hydrogens (tertiary/aromatic N) is 2. The van der Waals surface area contributed by atoms with Gasteiger partial charge in [0.2, 0.25) is 0 Å². The minimum Gasteiger partial charge on any atom is -0.490 e. The summed E-state index contributed by atoms with van der Waals surface area (Å²) in [6.07, 6.45) is 6.18. The number of carbonyl (C=O) groups excluding carboxylic acids is 1. The van der Waals surface area contributed by atoms with E-state index in [1.165, 1.54) is 37.1 Å². The third kappa shape index (κ3) is 7.80. The van der Waals surface area contributed by atoms with Gasteiger partial charge in [0.25, 0.3) is 0 Å². The average Bonchev–Trinajstić information content (AvgIpc) is 2.99. The summed E-state index contributed by atoms with van der Waals surface area (Å²) in [5.74, 6) is 2.17. The predicted octanol–water partition coefficient (Wildman–Crippen LogP) is 7.06. The van der Waals surface area contributed by atoms with E-state index in [1.807, 2.05) is 24.3 Å². The largest absolute Gasteiger partial charge is 0.490 e. The van der Waals surface area contributed by atoms with Gasteiger partial charge in [-0.15, -0.1) is 0 Å². The van der Waals surface area contributed by atoms with E-state index in [4.69, 9.17) is 4.74 Å². The molecule has 0 radical (unpaired) electrons. The van der Waals surface area contributed by atoms with Gasteiger partial charge in [0.1, 0.15) is 11.9 Å². The van der Waals surface area contributed by atoms with E-state index in [1.54, 1.807) is 0 Å². The summed E-state index contributed by atoms with van der Waals surface area (Å²) in [6, 6.07) is 29.6. The highest BCUT2D eigenvalue weighted by molar-refractivity contribution is 5.98. The summed E-state index contributed by atoms with van der Waals surface area (Å²) in [5, 5.41) is 0. The summed E-state index contributed by atoms with van der Waals surface area (Å²) >= 11 is 0. The van der Waals surface area contributed by atoms with E-state index in [-0.39, 0.29) is 11.9 Å². The van der Waals surface area contributed by atoms with Gasteiger partial charge in [0.15, 0.2) is 5.78 Å². The van der Waals surface area contributed by atoms with Crippen LogP contribution < -0.4 is 4.74 Å². The second-order valence-electron chi connectivity index (χ2n) is 11.5. The summed E-state index contributed by atoms with van der Waals surface area (Å²) < 4.78 is 6.48. The van der Waals surface area contributed by atoms with Gasteiger partial charge in [-0.1, -0.05) is 79.7 Å². The highest BCUT2D eigenvalue weighted by Crippen LogP contribution is 2.29. The quantitative estimate of drug-likeness (QED) is 0.252. The molecule has 2 heterocycles. The highest BCUT2D eigenvalue weighted by atomic mass is 16.5. The van der Waals surface area contributed by atoms with Crippen LogP contribution in [0.15, 0.2) is 84.9 Å². The number of piperidine rings is 2. The van der Waals surface area contributed by atoms with E-state index in [0.717, 1.165) is 62.7 Å². The number of hydrogen-bond acceptors (Lipinski definition) is 4. The lowest BCUT2D eigenvalue weighted by Crippen LogP contribution is -2.40. The predicted molar refractivity (Wildman–Crippen MR) is 160 cm³/mol. The van der Waals surface area contributed by atoms with Crippen molar-refractivity contribution in [1.82, 2.24) is 9.80 Å². The molecule has 0 amide bonds. The van der Waals surface area contributed by atoms with Gasteiger partial charge < -0.3 is 14.5 Å². The normalized spacial score (nSPS) is 17.9. The lowest BCUT2D eigenvalue weighted by atomic mass is 9.90. The van der Waals surface area contributed by atoms with Crippen molar-refractivity contribution in [3.8, 4) is 5.75 Å². The molecular formula is C35H44N2O2. The van der Waals surface area contributed by atoms with Crippen molar-refractivity contribution >= 4 is 5.78 Å². The molecule has 2 saturated heterocycles. The maximum atomic E-state index is 13.1. The van der Waals surface area contributed by atoms with E-state index >= 15 is 0 Å². The zero-order valence-corrected chi connectivity index (χ0v) is 23.5. The summed E-state index contributed by atoms with van der Waals surface area (Å²) in [6.45, 7) is 8.72. The number of carbonyl (C=O) groups is 1. The van der Waals surface area contributed by atoms with Crippen LogP contribution in [0.5, 0.6) is 5.75 Å². The lowest BCUT2D eigenvalue weighted by molar-refractivity contribution is 0.0911. The average molecular weight is 525 g/mol. The molecule has 0 saturated carbocycles. The van der Waals surface area contributed by atoms with Gasteiger partial charge in [-0.25, -0.2) is 0 Å². The summed E-state index contributed by atoms with van der Waals surface area (Å²) in [4.78, 5) is 18.2. The Morgan fingerprint density at radius 3 is 1.97 bits per heavy atom. The maximum Gasteiger partial charge on any atom is 0.166 e. The van der Waals surface area contributed by atoms with Crippen LogP contribution in [-0.4, -0.2) is 61.0 Å². The topological polar surface area (TPSA) is 32.8 Å². The Labute approximate surface area is 235 Å². The molecule has 5 rings (SSSR count). The molecule has 3 aromatic carbocycles. The molecule has 2 fully saturated rings. The molecule has 39 heavy (non-hydrogen) atoms. The first-order chi connectivity index (χ1) is 19.2. The Kier molecular flexibility index (Phi) is 9.85. The Morgan fingerprint density at radius 2 is 1.33 bits per heavy atom. The monoisotopic (exact) mass is 524 g/mol. The highest BCUT2D eigenvalue weighted by Gasteiger charge is 2.25. The molecule has 206 valence electrons. The molecule has 0 unspecified atom stereocenters. The van der Waals surface area contributed by atoms with Crippen LogP contribution in [0.2, 0.25) is 0 Å². The van der Waals surface area contributed by atoms with Crippen LogP contribution >= 0.6 is 0 Å². The van der Waals surface area contributed by atoms with Crippen LogP contribution in [0.1, 0.15) is 72.9 Å². The molecule has 2 aliphatic rings. The van der Waals surface area contributed by atoms with Crippen LogP contribution in [0.3, 0.4) is 0 Å². The fourth-order valence-corrected chi connectivity index (χ4v) is 6.10.